The molecule has 0 spiro atoms. The molecule has 3 aromatic rings. The van der Waals surface area contributed by atoms with Crippen molar-refractivity contribution in [2.24, 2.45) is 0 Å². The van der Waals surface area contributed by atoms with Crippen molar-refractivity contribution in [1.82, 2.24) is 20.1 Å². The molecule has 0 saturated heterocycles. The van der Waals surface area contributed by atoms with Crippen LogP contribution in [0.2, 0.25) is 5.02 Å². The van der Waals surface area contributed by atoms with Crippen LogP contribution in [0, 0.1) is 6.92 Å². The Hall–Kier alpha value is -3.18. The van der Waals surface area contributed by atoms with E-state index in [2.05, 4.69) is 22.0 Å². The van der Waals surface area contributed by atoms with Crippen LogP contribution in [0.25, 0.3) is 17.3 Å². The van der Waals surface area contributed by atoms with Gasteiger partial charge in [-0.3, -0.25) is 9.78 Å². The average molecular weight is 393 g/mol. The van der Waals surface area contributed by atoms with Gasteiger partial charge in [-0.25, -0.2) is 4.68 Å². The van der Waals surface area contributed by atoms with Gasteiger partial charge in [0.1, 0.15) is 0 Å². The number of aryl methyl sites for hydroxylation is 1. The molecule has 1 amide bonds. The third kappa shape index (κ3) is 4.21. The first kappa shape index (κ1) is 19.6. The van der Waals surface area contributed by atoms with E-state index in [0.29, 0.717) is 22.7 Å². The zero-order valence-electron chi connectivity index (χ0n) is 15.8. The third-order valence-corrected chi connectivity index (χ3v) is 4.57. The number of carbonyl (C=O) groups is 1. The van der Waals surface area contributed by atoms with Crippen LogP contribution in [0.15, 0.2) is 61.4 Å². The van der Waals surface area contributed by atoms with Crippen molar-refractivity contribution in [2.45, 2.75) is 20.4 Å². The fraction of sp³-hybridized carbons (Fsp3) is 0.136. The van der Waals surface area contributed by atoms with E-state index in [1.807, 2.05) is 38.1 Å². The molecule has 2 heterocycles. The van der Waals surface area contributed by atoms with Crippen molar-refractivity contribution < 1.29 is 4.79 Å². The summed E-state index contributed by atoms with van der Waals surface area (Å²) in [6.45, 7) is 8.05. The van der Waals surface area contributed by atoms with E-state index in [1.165, 1.54) is 0 Å². The lowest BCUT2D eigenvalue weighted by Crippen LogP contribution is -2.24. The van der Waals surface area contributed by atoms with Crippen LogP contribution in [-0.4, -0.2) is 20.7 Å². The van der Waals surface area contributed by atoms with Gasteiger partial charge in [0.05, 0.1) is 17.6 Å². The van der Waals surface area contributed by atoms with Crippen molar-refractivity contribution in [3.8, 4) is 5.69 Å². The number of amides is 1. The number of rotatable bonds is 6. The van der Waals surface area contributed by atoms with Crippen LogP contribution in [0.1, 0.15) is 29.4 Å². The topological polar surface area (TPSA) is 59.8 Å². The summed E-state index contributed by atoms with van der Waals surface area (Å²) in [5, 5.41) is 8.03. The maximum absolute atomic E-state index is 12.8. The number of nitrogens with zero attached hydrogens (tertiary/aromatic N) is 3. The number of allylic oxidation sites excluding steroid dienone is 1. The maximum atomic E-state index is 12.8. The summed E-state index contributed by atoms with van der Waals surface area (Å²) in [6.07, 6.45) is 6.91. The van der Waals surface area contributed by atoms with Gasteiger partial charge in [0.15, 0.2) is 0 Å². The highest BCUT2D eigenvalue weighted by atomic mass is 35.5. The first-order valence-corrected chi connectivity index (χ1v) is 9.24. The Kier molecular flexibility index (Phi) is 6.06. The average Bonchev–Trinajstić information content (AvgIpc) is 3.12. The van der Waals surface area contributed by atoms with E-state index in [0.717, 1.165) is 22.6 Å². The number of pyridine rings is 1. The Bertz CT molecular complexity index is 1020. The van der Waals surface area contributed by atoms with Crippen molar-refractivity contribution in [1.29, 1.82) is 0 Å². The quantitative estimate of drug-likeness (QED) is 0.624. The minimum absolute atomic E-state index is 0.179. The third-order valence-electron chi connectivity index (χ3n) is 4.32. The Balaban J connectivity index is 1.84. The molecule has 2 aromatic heterocycles. The Labute approximate surface area is 169 Å². The number of carbonyl (C=O) groups excluding carboxylic acids is 1. The number of halogens is 1. The molecule has 0 atom stereocenters. The second-order valence-electron chi connectivity index (χ2n) is 6.23. The normalized spacial score (nSPS) is 11.3. The molecule has 0 fully saturated rings. The highest BCUT2D eigenvalue weighted by molar-refractivity contribution is 6.30. The number of benzene rings is 1. The van der Waals surface area contributed by atoms with Gasteiger partial charge in [-0.15, -0.1) is 0 Å². The van der Waals surface area contributed by atoms with Gasteiger partial charge in [-0.1, -0.05) is 30.3 Å². The van der Waals surface area contributed by atoms with E-state index in [4.69, 9.17) is 11.6 Å². The predicted octanol–water partition coefficient (Wildman–Crippen LogP) is 4.59. The largest absolute Gasteiger partial charge is 0.348 e. The smallest absolute Gasteiger partial charge is 0.251 e. The molecule has 0 unspecified atom stereocenters. The second kappa shape index (κ2) is 8.67. The van der Waals surface area contributed by atoms with Crippen LogP contribution >= 0.6 is 11.6 Å². The highest BCUT2D eigenvalue weighted by Crippen LogP contribution is 2.24. The summed E-state index contributed by atoms with van der Waals surface area (Å²) in [5.41, 5.74) is 4.71. The monoisotopic (exact) mass is 392 g/mol. The summed E-state index contributed by atoms with van der Waals surface area (Å²) >= 11 is 5.97. The Morgan fingerprint density at radius 3 is 2.57 bits per heavy atom. The minimum atomic E-state index is -0.179. The lowest BCUT2D eigenvalue weighted by atomic mass is 10.1. The van der Waals surface area contributed by atoms with E-state index in [1.54, 1.807) is 41.4 Å². The zero-order chi connectivity index (χ0) is 20.1. The van der Waals surface area contributed by atoms with Gasteiger partial charge in [0.25, 0.3) is 5.91 Å². The molecule has 0 aliphatic carbocycles. The van der Waals surface area contributed by atoms with Gasteiger partial charge in [-0.2, -0.15) is 5.10 Å². The molecule has 0 aliphatic rings. The Morgan fingerprint density at radius 1 is 1.21 bits per heavy atom. The molecule has 28 heavy (non-hydrogen) atoms. The van der Waals surface area contributed by atoms with Crippen molar-refractivity contribution in [3.63, 3.8) is 0 Å². The summed E-state index contributed by atoms with van der Waals surface area (Å²) in [6, 6.07) is 11.2. The molecule has 0 radical (unpaired) electrons. The summed E-state index contributed by atoms with van der Waals surface area (Å²) < 4.78 is 1.74. The molecular weight excluding hydrogens is 372 g/mol. The summed E-state index contributed by atoms with van der Waals surface area (Å²) in [4.78, 5) is 17.0. The van der Waals surface area contributed by atoms with E-state index in [-0.39, 0.29) is 5.91 Å². The van der Waals surface area contributed by atoms with Crippen molar-refractivity contribution in [3.05, 3.63) is 89.0 Å². The zero-order valence-corrected chi connectivity index (χ0v) is 16.6. The number of nitrogens with one attached hydrogen (secondary N) is 1. The molecule has 1 aromatic carbocycles. The molecule has 0 bridgehead atoms. The molecular formula is C22H21ClN4O. The first-order chi connectivity index (χ1) is 13.5. The van der Waals surface area contributed by atoms with E-state index >= 15 is 0 Å². The predicted molar refractivity (Wildman–Crippen MR) is 113 cm³/mol. The summed E-state index contributed by atoms with van der Waals surface area (Å²) in [7, 11) is 0. The molecule has 1 N–H and O–H groups in total. The minimum Gasteiger partial charge on any atom is -0.348 e. The van der Waals surface area contributed by atoms with E-state index < -0.39 is 0 Å². The van der Waals surface area contributed by atoms with Crippen LogP contribution in [0.5, 0.6) is 0 Å². The van der Waals surface area contributed by atoms with Crippen LogP contribution in [-0.2, 0) is 11.3 Å². The molecule has 0 aliphatic heterocycles. The first-order valence-electron chi connectivity index (χ1n) is 8.86. The van der Waals surface area contributed by atoms with Gasteiger partial charge in [0.2, 0.25) is 0 Å². The van der Waals surface area contributed by atoms with Gasteiger partial charge >= 0.3 is 0 Å². The molecule has 142 valence electrons. The van der Waals surface area contributed by atoms with Gasteiger partial charge in [-0.05, 0) is 55.8 Å². The Morgan fingerprint density at radius 2 is 1.96 bits per heavy atom. The molecule has 5 nitrogen and oxygen atoms in total. The van der Waals surface area contributed by atoms with Crippen molar-refractivity contribution in [2.75, 3.05) is 0 Å². The number of hydrogen-bond acceptors (Lipinski definition) is 3. The van der Waals surface area contributed by atoms with Crippen LogP contribution in [0.4, 0.5) is 0 Å². The lowest BCUT2D eigenvalue weighted by Gasteiger charge is -2.10. The molecule has 6 heteroatoms. The fourth-order valence-corrected chi connectivity index (χ4v) is 2.97. The molecule has 3 rings (SSSR count). The highest BCUT2D eigenvalue weighted by Gasteiger charge is 2.18. The SMILES string of the molecule is C=Cc1c(/C(=C\C)C(=O)NCc2ccc(C)nc2)cnn1-c1ccc(Cl)cc1. The van der Waals surface area contributed by atoms with E-state index in [9.17, 15) is 4.79 Å². The van der Waals surface area contributed by atoms with Gasteiger partial charge in [0, 0.05) is 34.6 Å². The molecule has 0 saturated carbocycles. The summed E-state index contributed by atoms with van der Waals surface area (Å²) in [5.74, 6) is -0.179. The van der Waals surface area contributed by atoms with Crippen LogP contribution < -0.4 is 5.32 Å². The van der Waals surface area contributed by atoms with Crippen molar-refractivity contribution >= 4 is 29.2 Å². The maximum Gasteiger partial charge on any atom is 0.251 e. The number of hydrogen-bond donors (Lipinski definition) is 1. The second-order valence-corrected chi connectivity index (χ2v) is 6.67. The fourth-order valence-electron chi connectivity index (χ4n) is 2.84. The van der Waals surface area contributed by atoms with Crippen LogP contribution in [0.3, 0.4) is 0 Å². The number of aromatic nitrogens is 3. The standard InChI is InChI=1S/C22H21ClN4O/c1-4-19(22(28)25-13-16-7-6-15(3)24-12-16)20-14-26-27(21(20)5-2)18-10-8-17(23)9-11-18/h4-12,14H,2,13H2,1,3H3,(H,25,28)/b19-4+. The van der Waals surface area contributed by atoms with Gasteiger partial charge < -0.3 is 5.32 Å². The lowest BCUT2D eigenvalue weighted by molar-refractivity contribution is -0.115.